The highest BCUT2D eigenvalue weighted by Crippen LogP contribution is 2.27. The molecule has 1 aromatic carbocycles. The Bertz CT molecular complexity index is 465. The van der Waals surface area contributed by atoms with Gasteiger partial charge in [-0.2, -0.15) is 0 Å². The highest BCUT2D eigenvalue weighted by Gasteiger charge is 2.41. The smallest absolute Gasteiger partial charge is 0.242 e. The molecular weight excluding hydrogens is 248 g/mol. The van der Waals surface area contributed by atoms with Crippen LogP contribution >= 0.6 is 0 Å². The zero-order valence-electron chi connectivity index (χ0n) is 12.3. The van der Waals surface area contributed by atoms with Crippen LogP contribution in [-0.4, -0.2) is 36.0 Å². The minimum atomic E-state index is -0.281. The Morgan fingerprint density at radius 2 is 1.90 bits per heavy atom. The minimum absolute atomic E-state index is 0.281. The van der Waals surface area contributed by atoms with E-state index in [-0.39, 0.29) is 5.54 Å². The molecule has 20 heavy (non-hydrogen) atoms. The topological polar surface area (TPSA) is 32.3 Å². The van der Waals surface area contributed by atoms with Gasteiger partial charge in [0.25, 0.3) is 0 Å². The zero-order valence-corrected chi connectivity index (χ0v) is 12.3. The number of hydrogen-bond donors (Lipinski definition) is 1. The summed E-state index contributed by atoms with van der Waals surface area (Å²) in [4.78, 5) is 15.0. The van der Waals surface area contributed by atoms with Crippen molar-refractivity contribution >= 4 is 5.91 Å². The molecule has 1 N–H and O–H groups in total. The average molecular weight is 272 g/mol. The fourth-order valence-corrected chi connectivity index (χ4v) is 3.62. The van der Waals surface area contributed by atoms with Gasteiger partial charge in [-0.3, -0.25) is 4.79 Å². The molecule has 1 saturated heterocycles. The van der Waals surface area contributed by atoms with Gasteiger partial charge in [0.15, 0.2) is 0 Å². The number of amides is 1. The SMILES string of the molecule is CCC1(C(=O)N2CCc3ccccc3CC2)CCCN1. The number of fused-ring (bicyclic) bond motifs is 1. The van der Waals surface area contributed by atoms with Gasteiger partial charge in [0.1, 0.15) is 0 Å². The number of rotatable bonds is 2. The van der Waals surface area contributed by atoms with Gasteiger partial charge in [0, 0.05) is 13.1 Å². The van der Waals surface area contributed by atoms with Crippen LogP contribution < -0.4 is 5.32 Å². The van der Waals surface area contributed by atoms with E-state index < -0.39 is 0 Å². The van der Waals surface area contributed by atoms with Crippen LogP contribution in [0.5, 0.6) is 0 Å². The third kappa shape index (κ3) is 2.35. The number of nitrogens with one attached hydrogen (secondary N) is 1. The third-order valence-corrected chi connectivity index (χ3v) is 4.96. The van der Waals surface area contributed by atoms with E-state index in [1.807, 2.05) is 0 Å². The molecule has 1 unspecified atom stereocenters. The van der Waals surface area contributed by atoms with E-state index in [9.17, 15) is 4.79 Å². The Morgan fingerprint density at radius 1 is 1.25 bits per heavy atom. The number of carbonyl (C=O) groups is 1. The maximum absolute atomic E-state index is 12.9. The summed E-state index contributed by atoms with van der Waals surface area (Å²) in [5.74, 6) is 0.324. The van der Waals surface area contributed by atoms with E-state index in [0.717, 1.165) is 51.7 Å². The van der Waals surface area contributed by atoms with Crippen LogP contribution in [0.1, 0.15) is 37.3 Å². The van der Waals surface area contributed by atoms with Gasteiger partial charge in [0.05, 0.1) is 5.54 Å². The Hall–Kier alpha value is -1.35. The van der Waals surface area contributed by atoms with Crippen molar-refractivity contribution in [2.45, 2.75) is 44.6 Å². The molecule has 1 fully saturated rings. The lowest BCUT2D eigenvalue weighted by atomic mass is 9.92. The lowest BCUT2D eigenvalue weighted by molar-refractivity contribution is -0.138. The molecule has 3 heteroatoms. The fraction of sp³-hybridized carbons (Fsp3) is 0.588. The molecule has 108 valence electrons. The Kier molecular flexibility index (Phi) is 3.79. The van der Waals surface area contributed by atoms with Gasteiger partial charge < -0.3 is 10.2 Å². The first-order valence-corrected chi connectivity index (χ1v) is 7.86. The van der Waals surface area contributed by atoms with E-state index in [0.29, 0.717) is 5.91 Å². The molecule has 1 amide bonds. The molecule has 1 aromatic rings. The molecule has 2 aliphatic rings. The first kappa shape index (κ1) is 13.6. The monoisotopic (exact) mass is 272 g/mol. The van der Waals surface area contributed by atoms with Crippen molar-refractivity contribution in [1.29, 1.82) is 0 Å². The summed E-state index contributed by atoms with van der Waals surface area (Å²) in [7, 11) is 0. The van der Waals surface area contributed by atoms with Gasteiger partial charge in [0.2, 0.25) is 5.91 Å². The number of carbonyl (C=O) groups excluding carboxylic acids is 1. The molecule has 3 nitrogen and oxygen atoms in total. The second kappa shape index (κ2) is 5.57. The average Bonchev–Trinajstić information content (AvgIpc) is 2.88. The molecule has 2 heterocycles. The van der Waals surface area contributed by atoms with Crippen molar-refractivity contribution in [3.63, 3.8) is 0 Å². The van der Waals surface area contributed by atoms with Crippen molar-refractivity contribution in [3.8, 4) is 0 Å². The van der Waals surface area contributed by atoms with Gasteiger partial charge in [-0.05, 0) is 49.8 Å². The first-order chi connectivity index (χ1) is 9.75. The van der Waals surface area contributed by atoms with Gasteiger partial charge in [-0.15, -0.1) is 0 Å². The summed E-state index contributed by atoms with van der Waals surface area (Å²) in [6.45, 7) is 4.83. The molecule has 0 spiro atoms. The van der Waals surface area contributed by atoms with E-state index in [1.165, 1.54) is 11.1 Å². The van der Waals surface area contributed by atoms with E-state index in [2.05, 4.69) is 41.4 Å². The fourth-order valence-electron chi connectivity index (χ4n) is 3.62. The van der Waals surface area contributed by atoms with Crippen LogP contribution in [0.15, 0.2) is 24.3 Å². The largest absolute Gasteiger partial charge is 0.340 e. The zero-order chi connectivity index (χ0) is 14.0. The first-order valence-electron chi connectivity index (χ1n) is 7.86. The summed E-state index contributed by atoms with van der Waals surface area (Å²) in [6, 6.07) is 8.60. The molecule has 0 radical (unpaired) electrons. The van der Waals surface area contributed by atoms with Crippen LogP contribution in [0.2, 0.25) is 0 Å². The standard InChI is InChI=1S/C17H24N2O/c1-2-17(10-5-11-18-17)16(20)19-12-8-14-6-3-4-7-15(14)9-13-19/h3-4,6-7,18H,2,5,8-13H2,1H3. The van der Waals surface area contributed by atoms with Crippen molar-refractivity contribution in [2.75, 3.05) is 19.6 Å². The van der Waals surface area contributed by atoms with Crippen LogP contribution in [0.25, 0.3) is 0 Å². The second-order valence-electron chi connectivity index (χ2n) is 6.03. The Labute approximate surface area is 121 Å². The maximum Gasteiger partial charge on any atom is 0.242 e. The van der Waals surface area contributed by atoms with Crippen molar-refractivity contribution in [1.82, 2.24) is 10.2 Å². The molecule has 0 bridgehead atoms. The molecule has 1 atom stereocenters. The minimum Gasteiger partial charge on any atom is -0.340 e. The predicted molar refractivity (Wildman–Crippen MR) is 80.7 cm³/mol. The van der Waals surface area contributed by atoms with Crippen LogP contribution in [0, 0.1) is 0 Å². The van der Waals surface area contributed by atoms with Gasteiger partial charge >= 0.3 is 0 Å². The maximum atomic E-state index is 12.9. The van der Waals surface area contributed by atoms with E-state index >= 15 is 0 Å². The van der Waals surface area contributed by atoms with E-state index in [1.54, 1.807) is 0 Å². The molecule has 0 aromatic heterocycles. The molecular formula is C17H24N2O. The predicted octanol–water partition coefficient (Wildman–Crippen LogP) is 2.15. The number of hydrogen-bond acceptors (Lipinski definition) is 2. The Balaban J connectivity index is 1.75. The quantitative estimate of drug-likeness (QED) is 0.894. The summed E-state index contributed by atoms with van der Waals surface area (Å²) in [5.41, 5.74) is 2.54. The van der Waals surface area contributed by atoms with Crippen LogP contribution in [0.4, 0.5) is 0 Å². The molecule has 3 rings (SSSR count). The number of benzene rings is 1. The Morgan fingerprint density at radius 3 is 2.40 bits per heavy atom. The van der Waals surface area contributed by atoms with Gasteiger partial charge in [-0.25, -0.2) is 0 Å². The van der Waals surface area contributed by atoms with Crippen LogP contribution in [0.3, 0.4) is 0 Å². The molecule has 0 saturated carbocycles. The lowest BCUT2D eigenvalue weighted by Gasteiger charge is -2.33. The van der Waals surface area contributed by atoms with Crippen molar-refractivity contribution < 1.29 is 4.79 Å². The van der Waals surface area contributed by atoms with Crippen molar-refractivity contribution in [2.24, 2.45) is 0 Å². The summed E-state index contributed by atoms with van der Waals surface area (Å²) in [5, 5.41) is 3.47. The second-order valence-corrected chi connectivity index (χ2v) is 6.03. The van der Waals surface area contributed by atoms with Gasteiger partial charge in [-0.1, -0.05) is 31.2 Å². The lowest BCUT2D eigenvalue weighted by Crippen LogP contribution is -2.55. The van der Waals surface area contributed by atoms with Crippen molar-refractivity contribution in [3.05, 3.63) is 35.4 Å². The van der Waals surface area contributed by atoms with Crippen LogP contribution in [-0.2, 0) is 17.6 Å². The summed E-state index contributed by atoms with van der Waals surface area (Å²) in [6.07, 6.45) is 4.98. The third-order valence-electron chi connectivity index (χ3n) is 4.96. The summed E-state index contributed by atoms with van der Waals surface area (Å²) < 4.78 is 0. The van der Waals surface area contributed by atoms with E-state index in [4.69, 9.17) is 0 Å². The normalized spacial score (nSPS) is 26.1. The molecule has 2 aliphatic heterocycles. The number of nitrogens with zero attached hydrogens (tertiary/aromatic N) is 1. The highest BCUT2D eigenvalue weighted by molar-refractivity contribution is 5.86. The summed E-state index contributed by atoms with van der Waals surface area (Å²) >= 11 is 0. The molecule has 0 aliphatic carbocycles. The highest BCUT2D eigenvalue weighted by atomic mass is 16.2.